The van der Waals surface area contributed by atoms with E-state index in [-0.39, 0.29) is 11.8 Å². The number of allylic oxidation sites excluding steroid dienone is 3. The predicted molar refractivity (Wildman–Crippen MR) is 129 cm³/mol. The van der Waals surface area contributed by atoms with Crippen molar-refractivity contribution in [1.82, 2.24) is 0 Å². The Kier molecular flexibility index (Phi) is 6.69. The number of nitrogens with zero attached hydrogens (tertiary/aromatic N) is 1. The Balaban J connectivity index is 1.82. The average molecular weight is 461 g/mol. The molecule has 7 nitrogen and oxygen atoms in total. The molecule has 0 radical (unpaired) electrons. The molecule has 0 spiro atoms. The van der Waals surface area contributed by atoms with Crippen molar-refractivity contribution in [2.45, 2.75) is 25.2 Å². The SMILES string of the molecule is COc1ccc(C=C2CCCC3=C2OC(N)=C(C#N)C3c2ccc(OC)c(OC)c2)cc1OC. The summed E-state index contributed by atoms with van der Waals surface area (Å²) in [6.07, 6.45) is 4.65. The van der Waals surface area contributed by atoms with Gasteiger partial charge in [0.25, 0.3) is 0 Å². The first-order valence-electron chi connectivity index (χ1n) is 11.0. The third-order valence-corrected chi connectivity index (χ3v) is 6.20. The molecule has 1 heterocycles. The van der Waals surface area contributed by atoms with Crippen LogP contribution in [0.4, 0.5) is 0 Å². The molecule has 1 aliphatic heterocycles. The van der Waals surface area contributed by atoms with E-state index in [1.165, 1.54) is 0 Å². The van der Waals surface area contributed by atoms with Crippen LogP contribution in [0.15, 0.2) is 64.8 Å². The summed E-state index contributed by atoms with van der Waals surface area (Å²) in [5.74, 6) is 3.09. The van der Waals surface area contributed by atoms with Gasteiger partial charge in [-0.15, -0.1) is 0 Å². The van der Waals surface area contributed by atoms with E-state index < -0.39 is 0 Å². The lowest BCUT2D eigenvalue weighted by atomic mass is 9.77. The number of hydrogen-bond acceptors (Lipinski definition) is 7. The minimum Gasteiger partial charge on any atom is -0.493 e. The van der Waals surface area contributed by atoms with Crippen molar-refractivity contribution in [3.05, 3.63) is 75.9 Å². The fourth-order valence-corrected chi connectivity index (χ4v) is 4.59. The molecule has 0 aromatic heterocycles. The van der Waals surface area contributed by atoms with E-state index in [2.05, 4.69) is 12.1 Å². The monoisotopic (exact) mass is 460 g/mol. The molecule has 1 aliphatic carbocycles. The molecule has 0 bridgehead atoms. The van der Waals surface area contributed by atoms with Gasteiger partial charge in [0.1, 0.15) is 17.4 Å². The lowest BCUT2D eigenvalue weighted by Crippen LogP contribution is -2.23. The van der Waals surface area contributed by atoms with Crippen molar-refractivity contribution < 1.29 is 23.7 Å². The Morgan fingerprint density at radius 1 is 0.912 bits per heavy atom. The van der Waals surface area contributed by atoms with E-state index >= 15 is 0 Å². The first-order valence-corrected chi connectivity index (χ1v) is 11.0. The zero-order valence-corrected chi connectivity index (χ0v) is 19.8. The number of nitrogens with two attached hydrogens (primary N) is 1. The molecule has 176 valence electrons. The average Bonchev–Trinajstić information content (AvgIpc) is 2.87. The molecule has 2 N–H and O–H groups in total. The number of rotatable bonds is 6. The van der Waals surface area contributed by atoms with Crippen molar-refractivity contribution in [1.29, 1.82) is 5.26 Å². The largest absolute Gasteiger partial charge is 0.493 e. The van der Waals surface area contributed by atoms with E-state index in [9.17, 15) is 5.26 Å². The summed E-state index contributed by atoms with van der Waals surface area (Å²) in [6.45, 7) is 0. The van der Waals surface area contributed by atoms with Crippen LogP contribution in [0.2, 0.25) is 0 Å². The lowest BCUT2D eigenvalue weighted by molar-refractivity contribution is 0.277. The third kappa shape index (κ3) is 4.15. The van der Waals surface area contributed by atoms with Crippen LogP contribution in [0.1, 0.15) is 36.3 Å². The van der Waals surface area contributed by atoms with Gasteiger partial charge in [0.15, 0.2) is 23.0 Å². The van der Waals surface area contributed by atoms with Crippen LogP contribution in [-0.4, -0.2) is 28.4 Å². The number of methoxy groups -OCH3 is 4. The van der Waals surface area contributed by atoms with Gasteiger partial charge >= 0.3 is 0 Å². The normalized spacial score (nSPS) is 18.7. The molecule has 1 atom stereocenters. The van der Waals surface area contributed by atoms with E-state index in [4.69, 9.17) is 29.4 Å². The van der Waals surface area contributed by atoms with Gasteiger partial charge < -0.3 is 29.4 Å². The molecule has 4 rings (SSSR count). The van der Waals surface area contributed by atoms with E-state index in [0.717, 1.165) is 47.3 Å². The minimum absolute atomic E-state index is 0.126. The highest BCUT2D eigenvalue weighted by atomic mass is 16.5. The third-order valence-electron chi connectivity index (χ3n) is 6.20. The maximum absolute atomic E-state index is 9.93. The Bertz CT molecular complexity index is 1240. The molecular weight excluding hydrogens is 432 g/mol. The first-order chi connectivity index (χ1) is 16.5. The molecule has 1 unspecified atom stereocenters. The van der Waals surface area contributed by atoms with Gasteiger partial charge in [0.2, 0.25) is 5.88 Å². The second kappa shape index (κ2) is 9.84. The van der Waals surface area contributed by atoms with Gasteiger partial charge in [-0.05, 0) is 71.9 Å². The van der Waals surface area contributed by atoms with Crippen LogP contribution in [-0.2, 0) is 4.74 Å². The highest BCUT2D eigenvalue weighted by Crippen LogP contribution is 2.48. The van der Waals surface area contributed by atoms with Gasteiger partial charge in [0.05, 0.1) is 28.4 Å². The van der Waals surface area contributed by atoms with Crippen LogP contribution in [0.5, 0.6) is 23.0 Å². The van der Waals surface area contributed by atoms with Crippen LogP contribution in [0.3, 0.4) is 0 Å². The Morgan fingerprint density at radius 3 is 2.21 bits per heavy atom. The fourth-order valence-electron chi connectivity index (χ4n) is 4.59. The van der Waals surface area contributed by atoms with Crippen LogP contribution in [0.25, 0.3) is 6.08 Å². The Hall–Kier alpha value is -4.05. The maximum atomic E-state index is 9.93. The van der Waals surface area contributed by atoms with Crippen molar-refractivity contribution >= 4 is 6.08 Å². The summed E-state index contributed by atoms with van der Waals surface area (Å²) in [4.78, 5) is 0. The molecule has 2 aliphatic rings. The van der Waals surface area contributed by atoms with E-state index in [1.54, 1.807) is 28.4 Å². The van der Waals surface area contributed by atoms with Gasteiger partial charge in [-0.2, -0.15) is 5.26 Å². The van der Waals surface area contributed by atoms with Gasteiger partial charge in [-0.1, -0.05) is 12.1 Å². The first kappa shape index (κ1) is 23.1. The molecule has 34 heavy (non-hydrogen) atoms. The smallest absolute Gasteiger partial charge is 0.205 e. The van der Waals surface area contributed by atoms with Gasteiger partial charge in [0, 0.05) is 5.92 Å². The number of benzene rings is 2. The van der Waals surface area contributed by atoms with E-state index in [1.807, 2.05) is 36.4 Å². The van der Waals surface area contributed by atoms with Crippen LogP contribution in [0, 0.1) is 11.3 Å². The minimum atomic E-state index is -0.317. The van der Waals surface area contributed by atoms with Crippen LogP contribution < -0.4 is 24.7 Å². The molecule has 2 aromatic carbocycles. The fraction of sp³-hybridized carbons (Fsp3) is 0.296. The lowest BCUT2D eigenvalue weighted by Gasteiger charge is -2.33. The molecule has 7 heteroatoms. The standard InChI is InChI=1S/C27H28N2O5/c1-30-21-10-8-16(13-23(21)32-3)12-18-6-5-7-19-25(20(15-28)27(29)34-26(18)19)17-9-11-22(31-2)24(14-17)33-4/h8-14,25H,5-7,29H2,1-4H3. The molecule has 0 fully saturated rings. The Morgan fingerprint density at radius 2 is 1.56 bits per heavy atom. The summed E-state index contributed by atoms with van der Waals surface area (Å²) in [6, 6.07) is 13.7. The maximum Gasteiger partial charge on any atom is 0.205 e. The predicted octanol–water partition coefficient (Wildman–Crippen LogP) is 5.05. The molecule has 0 amide bonds. The summed E-state index contributed by atoms with van der Waals surface area (Å²) in [5, 5.41) is 9.93. The quantitative estimate of drug-likeness (QED) is 0.644. The second-order valence-electron chi connectivity index (χ2n) is 8.03. The number of nitriles is 1. The van der Waals surface area contributed by atoms with Crippen molar-refractivity contribution in [2.24, 2.45) is 5.73 Å². The molecule has 0 saturated carbocycles. The molecule has 0 saturated heterocycles. The highest BCUT2D eigenvalue weighted by molar-refractivity contribution is 5.64. The molecular formula is C27H28N2O5. The molecule has 2 aromatic rings. The highest BCUT2D eigenvalue weighted by Gasteiger charge is 2.36. The zero-order chi connectivity index (χ0) is 24.2. The van der Waals surface area contributed by atoms with Gasteiger partial charge in [-0.3, -0.25) is 0 Å². The zero-order valence-electron chi connectivity index (χ0n) is 19.8. The summed E-state index contributed by atoms with van der Waals surface area (Å²) in [7, 11) is 6.41. The topological polar surface area (TPSA) is 96.0 Å². The van der Waals surface area contributed by atoms with Crippen LogP contribution >= 0.6 is 0 Å². The van der Waals surface area contributed by atoms with Crippen molar-refractivity contribution in [2.75, 3.05) is 28.4 Å². The number of ether oxygens (including phenoxy) is 5. The Labute approximate surface area is 199 Å². The van der Waals surface area contributed by atoms with Crippen molar-refractivity contribution in [3.63, 3.8) is 0 Å². The summed E-state index contributed by atoms with van der Waals surface area (Å²) >= 11 is 0. The van der Waals surface area contributed by atoms with Crippen molar-refractivity contribution in [3.8, 4) is 29.1 Å². The number of hydrogen-bond donors (Lipinski definition) is 1. The summed E-state index contributed by atoms with van der Waals surface area (Å²) < 4.78 is 27.8. The van der Waals surface area contributed by atoms with E-state index in [0.29, 0.717) is 28.6 Å². The second-order valence-corrected chi connectivity index (χ2v) is 8.03. The summed E-state index contributed by atoms with van der Waals surface area (Å²) in [5.41, 5.74) is 10.6. The van der Waals surface area contributed by atoms with Gasteiger partial charge in [-0.25, -0.2) is 0 Å².